The van der Waals surface area contributed by atoms with E-state index in [9.17, 15) is 0 Å². The monoisotopic (exact) mass is 789 g/mol. The molecule has 0 amide bonds. The minimum atomic E-state index is 0.548. The van der Waals surface area contributed by atoms with Crippen LogP contribution in [0.4, 0.5) is 0 Å². The Morgan fingerprint density at radius 2 is 1.26 bits per heavy atom. The highest BCUT2D eigenvalue weighted by Crippen LogP contribution is 2.38. The number of furan rings is 1. The van der Waals surface area contributed by atoms with E-state index >= 15 is 0 Å². The first kappa shape index (κ1) is 40.1. The minimum Gasteiger partial charge on any atom is -0.456 e. The van der Waals surface area contributed by atoms with Crippen molar-refractivity contribution < 1.29 is 4.42 Å². The van der Waals surface area contributed by atoms with Crippen molar-refractivity contribution >= 4 is 45.2 Å². The van der Waals surface area contributed by atoms with Crippen molar-refractivity contribution in [3.63, 3.8) is 0 Å². The second-order valence-electron chi connectivity index (χ2n) is 15.3. The Hall–Kier alpha value is -7.69. The molecule has 1 N–H and O–H groups in total. The van der Waals surface area contributed by atoms with Crippen LogP contribution in [-0.2, 0) is 0 Å². The molecule has 0 unspecified atom stereocenters. The lowest BCUT2D eigenvalue weighted by Crippen LogP contribution is -2.01. The number of fused-ring (bicyclic) bond motifs is 2. The molecule has 0 radical (unpaired) electrons. The quantitative estimate of drug-likeness (QED) is 0.117. The van der Waals surface area contributed by atoms with Crippen LogP contribution < -0.4 is 0 Å². The van der Waals surface area contributed by atoms with Gasteiger partial charge in [-0.25, -0.2) is 9.97 Å². The fourth-order valence-corrected chi connectivity index (χ4v) is 7.80. The third-order valence-electron chi connectivity index (χ3n) is 11.1. The topological polar surface area (TPSA) is 62.8 Å². The number of hydrogen-bond donors (Lipinski definition) is 1. The van der Waals surface area contributed by atoms with E-state index in [4.69, 9.17) is 19.8 Å². The van der Waals surface area contributed by atoms with Crippen LogP contribution in [0.5, 0.6) is 0 Å². The summed E-state index contributed by atoms with van der Waals surface area (Å²) in [7, 11) is 0. The van der Waals surface area contributed by atoms with Gasteiger partial charge in [0.15, 0.2) is 5.82 Å². The first-order valence-corrected chi connectivity index (χ1v) is 20.5. The Bertz CT molecular complexity index is 3110. The number of nitrogens with one attached hydrogen (secondary N) is 1. The summed E-state index contributed by atoms with van der Waals surface area (Å²) in [5.41, 5.74) is 16.3. The van der Waals surface area contributed by atoms with Crippen molar-refractivity contribution in [3.8, 4) is 45.0 Å². The lowest BCUT2D eigenvalue weighted by Gasteiger charge is -2.15. The van der Waals surface area contributed by atoms with E-state index in [1.165, 1.54) is 27.5 Å². The van der Waals surface area contributed by atoms with Crippen LogP contribution in [0.15, 0.2) is 187 Å². The van der Waals surface area contributed by atoms with Gasteiger partial charge >= 0.3 is 0 Å². The summed E-state index contributed by atoms with van der Waals surface area (Å²) >= 11 is 0. The number of aryl methyl sites for hydroxylation is 2. The van der Waals surface area contributed by atoms with Crippen molar-refractivity contribution in [2.24, 2.45) is 0 Å². The molecule has 9 aromatic rings. The fourth-order valence-electron chi connectivity index (χ4n) is 7.80. The van der Waals surface area contributed by atoms with Crippen LogP contribution in [0.25, 0.3) is 84.5 Å². The summed E-state index contributed by atoms with van der Waals surface area (Å²) in [6.45, 7) is 16.4. The van der Waals surface area contributed by atoms with Gasteiger partial charge in [-0.15, -0.1) is 0 Å². The molecule has 9 rings (SSSR count). The Morgan fingerprint density at radius 3 is 1.97 bits per heavy atom. The van der Waals surface area contributed by atoms with Crippen LogP contribution in [0.3, 0.4) is 0 Å². The summed E-state index contributed by atoms with van der Waals surface area (Å²) < 4.78 is 6.10. The molecule has 0 aliphatic heterocycles. The van der Waals surface area contributed by atoms with E-state index in [1.807, 2.05) is 60.7 Å². The van der Waals surface area contributed by atoms with Gasteiger partial charge in [-0.3, -0.25) is 0 Å². The van der Waals surface area contributed by atoms with Gasteiger partial charge in [-0.2, -0.15) is 0 Å². The van der Waals surface area contributed by atoms with Gasteiger partial charge in [0.05, 0.1) is 11.4 Å². The second kappa shape index (κ2) is 17.7. The third-order valence-corrected chi connectivity index (χ3v) is 11.1. The molecule has 0 saturated heterocycles. The number of nitrogens with zero attached hydrogens (tertiary/aromatic N) is 2. The summed E-state index contributed by atoms with van der Waals surface area (Å²) in [5, 5.41) is 11.4. The first-order chi connectivity index (χ1) is 29.7. The molecule has 4 nitrogen and oxygen atoms in total. The Morgan fingerprint density at radius 1 is 0.623 bits per heavy atom. The highest BCUT2D eigenvalue weighted by atomic mass is 16.3. The first-order valence-electron chi connectivity index (χ1n) is 20.5. The predicted octanol–water partition coefficient (Wildman–Crippen LogP) is 15.4. The molecule has 0 atom stereocenters. The molecule has 0 aliphatic rings. The predicted molar refractivity (Wildman–Crippen MR) is 259 cm³/mol. The number of allylic oxidation sites excluding steroid dienone is 2. The van der Waals surface area contributed by atoms with Gasteiger partial charge in [0.1, 0.15) is 11.3 Å². The fraction of sp³-hybridized carbons (Fsp3) is 0.0702. The molecule has 2 heterocycles. The van der Waals surface area contributed by atoms with Gasteiger partial charge in [-0.05, 0) is 95.6 Å². The number of aromatic nitrogens is 2. The number of rotatable bonds is 9. The van der Waals surface area contributed by atoms with Crippen molar-refractivity contribution in [2.75, 3.05) is 0 Å². The molecule has 0 fully saturated rings. The molecule has 7 aromatic carbocycles. The molecule has 0 bridgehead atoms. The molecule has 0 saturated carbocycles. The van der Waals surface area contributed by atoms with E-state index < -0.39 is 0 Å². The van der Waals surface area contributed by atoms with E-state index in [1.54, 1.807) is 13.0 Å². The van der Waals surface area contributed by atoms with Gasteiger partial charge in [0, 0.05) is 38.9 Å². The zero-order chi connectivity index (χ0) is 42.5. The molecule has 2 aromatic heterocycles. The van der Waals surface area contributed by atoms with Crippen molar-refractivity contribution in [1.29, 1.82) is 5.41 Å². The maximum Gasteiger partial charge on any atom is 0.160 e. The van der Waals surface area contributed by atoms with Crippen LogP contribution >= 0.6 is 0 Å². The molecule has 0 aliphatic carbocycles. The van der Waals surface area contributed by atoms with Crippen LogP contribution in [0.2, 0.25) is 0 Å². The van der Waals surface area contributed by atoms with Crippen LogP contribution in [0.1, 0.15) is 46.1 Å². The zero-order valence-corrected chi connectivity index (χ0v) is 35.0. The van der Waals surface area contributed by atoms with Crippen molar-refractivity contribution in [3.05, 3.63) is 222 Å². The van der Waals surface area contributed by atoms with E-state index in [-0.39, 0.29) is 0 Å². The Kier molecular flexibility index (Phi) is 11.6. The van der Waals surface area contributed by atoms with Crippen LogP contribution in [0, 0.1) is 26.2 Å². The standard InChI is InChI=1S/C31H24O.C26H23N3/c1-4-29-31(26-13-7-5-10-21(26)2)28-20-23(18-19-30(28)32-29)17-16-22(3)25-15-9-12-24-11-6-8-14-27(24)25;1-17-9-7-8-12-23(17)25-18(2)24(21-10-5-4-6-11-21)28-26(29-25)22-15-13-20(14-16-22)19(3)27/h4-20H,1,3H2,2H3;4-16,27H,1-3H3/b17-16+;. The summed E-state index contributed by atoms with van der Waals surface area (Å²) in [6.07, 6.45) is 6.00. The maximum atomic E-state index is 7.82. The minimum absolute atomic E-state index is 0.548. The lowest BCUT2D eigenvalue weighted by atomic mass is 9.96. The summed E-state index contributed by atoms with van der Waals surface area (Å²) in [5.74, 6) is 1.50. The van der Waals surface area contributed by atoms with Gasteiger partial charge in [0.2, 0.25) is 0 Å². The highest BCUT2D eigenvalue weighted by molar-refractivity contribution is 6.01. The largest absolute Gasteiger partial charge is 0.456 e. The lowest BCUT2D eigenvalue weighted by molar-refractivity contribution is 0.605. The maximum absolute atomic E-state index is 7.82. The average molecular weight is 790 g/mol. The Labute approximate surface area is 358 Å². The van der Waals surface area contributed by atoms with Gasteiger partial charge in [-0.1, -0.05) is 177 Å². The molecular formula is C57H47N3O. The summed E-state index contributed by atoms with van der Waals surface area (Å²) in [6, 6.07) is 55.9. The van der Waals surface area contributed by atoms with E-state index in [0.717, 1.165) is 78.2 Å². The Balaban J connectivity index is 0.000000169. The normalized spacial score (nSPS) is 11.1. The molecular weight excluding hydrogens is 743 g/mol. The van der Waals surface area contributed by atoms with E-state index in [2.05, 4.69) is 149 Å². The third kappa shape index (κ3) is 8.43. The van der Waals surface area contributed by atoms with E-state index in [0.29, 0.717) is 11.5 Å². The molecule has 61 heavy (non-hydrogen) atoms. The van der Waals surface area contributed by atoms with Gasteiger partial charge < -0.3 is 9.83 Å². The van der Waals surface area contributed by atoms with Crippen molar-refractivity contribution in [2.45, 2.75) is 27.7 Å². The smallest absolute Gasteiger partial charge is 0.160 e. The number of hydrogen-bond acceptors (Lipinski definition) is 4. The molecule has 296 valence electrons. The summed E-state index contributed by atoms with van der Waals surface area (Å²) in [4.78, 5) is 9.91. The highest BCUT2D eigenvalue weighted by Gasteiger charge is 2.18. The van der Waals surface area contributed by atoms with Gasteiger partial charge in [0.25, 0.3) is 0 Å². The average Bonchev–Trinajstić information content (AvgIpc) is 3.67. The van der Waals surface area contributed by atoms with Crippen LogP contribution in [-0.4, -0.2) is 15.7 Å². The second-order valence-corrected chi connectivity index (χ2v) is 15.3. The molecule has 4 heteroatoms. The van der Waals surface area contributed by atoms with Crippen molar-refractivity contribution in [1.82, 2.24) is 9.97 Å². The SMILES string of the molecule is C=Cc1oc2ccc(/C=C/C(=C)c3cccc4ccccc34)cc2c1-c1ccccc1C.CC(=N)c1ccc(-c2nc(-c3ccccc3)c(C)c(-c3ccccc3C)n2)cc1. The zero-order valence-electron chi connectivity index (χ0n) is 35.0. The molecule has 0 spiro atoms. The number of benzene rings is 7.